The molecule has 2 aromatic carbocycles. The Hall–Kier alpha value is -2.79. The minimum absolute atomic E-state index is 0.0134. The summed E-state index contributed by atoms with van der Waals surface area (Å²) in [5.41, 5.74) is 9.74. The van der Waals surface area contributed by atoms with Crippen LogP contribution in [0.1, 0.15) is 44.0 Å². The summed E-state index contributed by atoms with van der Waals surface area (Å²) in [4.78, 5) is 12.9. The Bertz CT molecular complexity index is 1170. The van der Waals surface area contributed by atoms with E-state index in [9.17, 15) is 4.79 Å². The quantitative estimate of drug-likeness (QED) is 0.547. The number of aromatic nitrogens is 2. The molecule has 4 atom stereocenters. The summed E-state index contributed by atoms with van der Waals surface area (Å²) in [6, 6.07) is 17.0. The number of rotatable bonds is 4. The van der Waals surface area contributed by atoms with Gasteiger partial charge in [-0.3, -0.25) is 4.79 Å². The second-order valence-electron chi connectivity index (χ2n) is 9.96. The molecule has 3 fully saturated rings. The van der Waals surface area contributed by atoms with E-state index in [-0.39, 0.29) is 11.9 Å². The zero-order valence-corrected chi connectivity index (χ0v) is 19.4. The van der Waals surface area contributed by atoms with Gasteiger partial charge >= 0.3 is 0 Å². The Labute approximate surface area is 194 Å². The number of anilines is 1. The van der Waals surface area contributed by atoms with Gasteiger partial charge in [0.15, 0.2) is 0 Å². The van der Waals surface area contributed by atoms with Crippen LogP contribution in [-0.2, 0) is 0 Å². The smallest absolute Gasteiger partial charge is 0.251 e. The number of carbonyl (C=O) groups excluding carboxylic acids is 1. The summed E-state index contributed by atoms with van der Waals surface area (Å²) in [6.45, 7) is 7.03. The number of hydrogen-bond donors (Lipinski definition) is 2. The monoisotopic (exact) mass is 448 g/mol. The van der Waals surface area contributed by atoms with Gasteiger partial charge in [-0.2, -0.15) is 5.10 Å². The largest absolute Gasteiger partial charge is 0.384 e. The standard InChI is InChI=1S/C26H29ClN4O/c1-15-21-12-18(26(21,2)3)13-22(15)29-25(32)16-7-9-20(10-8-16)31-24(28)14-23(30-31)17-5-4-6-19(27)11-17/h4-11,14-15,18,21-22H,12-13,28H2,1-3H3,(H,29,32)/t15-,18+,21-,22-/m1/s1. The summed E-state index contributed by atoms with van der Waals surface area (Å²) in [7, 11) is 0. The summed E-state index contributed by atoms with van der Waals surface area (Å²) < 4.78 is 1.68. The fraction of sp³-hybridized carbons (Fsp3) is 0.385. The number of nitrogens with zero attached hydrogens (tertiary/aromatic N) is 2. The third-order valence-corrected chi connectivity index (χ3v) is 8.14. The maximum atomic E-state index is 12.9. The first-order valence-electron chi connectivity index (χ1n) is 11.3. The first-order chi connectivity index (χ1) is 15.2. The Morgan fingerprint density at radius 3 is 2.56 bits per heavy atom. The van der Waals surface area contributed by atoms with E-state index in [1.165, 1.54) is 6.42 Å². The normalized spacial score (nSPS) is 25.8. The fourth-order valence-corrected chi connectivity index (χ4v) is 5.93. The van der Waals surface area contributed by atoms with Crippen molar-refractivity contribution in [2.24, 2.45) is 23.2 Å². The number of fused-ring (bicyclic) bond motifs is 2. The second-order valence-corrected chi connectivity index (χ2v) is 10.4. The molecule has 1 amide bonds. The lowest BCUT2D eigenvalue weighted by Crippen LogP contribution is -2.60. The van der Waals surface area contributed by atoms with E-state index in [1.54, 1.807) is 4.68 Å². The summed E-state index contributed by atoms with van der Waals surface area (Å²) in [5, 5.41) is 8.57. The van der Waals surface area contributed by atoms with Gasteiger partial charge < -0.3 is 11.1 Å². The predicted octanol–water partition coefficient (Wildman–Crippen LogP) is 5.58. The van der Waals surface area contributed by atoms with E-state index >= 15 is 0 Å². The van der Waals surface area contributed by atoms with Crippen LogP contribution in [0.5, 0.6) is 0 Å². The molecular weight excluding hydrogens is 420 g/mol. The lowest BCUT2D eigenvalue weighted by atomic mass is 9.45. The highest BCUT2D eigenvalue weighted by atomic mass is 35.5. The zero-order valence-electron chi connectivity index (χ0n) is 18.7. The van der Waals surface area contributed by atoms with E-state index < -0.39 is 0 Å². The maximum Gasteiger partial charge on any atom is 0.251 e. The number of amides is 1. The van der Waals surface area contributed by atoms with Gasteiger partial charge in [0.1, 0.15) is 5.82 Å². The van der Waals surface area contributed by atoms with Crippen molar-refractivity contribution < 1.29 is 4.79 Å². The van der Waals surface area contributed by atoms with Gasteiger partial charge in [-0.15, -0.1) is 0 Å². The third-order valence-electron chi connectivity index (χ3n) is 7.90. The molecule has 3 saturated carbocycles. The van der Waals surface area contributed by atoms with Crippen molar-refractivity contribution in [3.63, 3.8) is 0 Å². The number of benzene rings is 2. The van der Waals surface area contributed by atoms with Gasteiger partial charge in [-0.05, 0) is 72.4 Å². The molecule has 6 rings (SSSR count). The van der Waals surface area contributed by atoms with Crippen LogP contribution in [0.25, 0.3) is 16.9 Å². The molecule has 5 nitrogen and oxygen atoms in total. The molecule has 3 aliphatic rings. The molecule has 32 heavy (non-hydrogen) atoms. The van der Waals surface area contributed by atoms with Gasteiger partial charge in [-0.1, -0.05) is 44.5 Å². The molecule has 0 unspecified atom stereocenters. The minimum Gasteiger partial charge on any atom is -0.384 e. The van der Waals surface area contributed by atoms with E-state index in [0.717, 1.165) is 23.4 Å². The molecule has 3 aliphatic carbocycles. The van der Waals surface area contributed by atoms with Gasteiger partial charge in [0.2, 0.25) is 0 Å². The van der Waals surface area contributed by atoms with Crippen molar-refractivity contribution in [2.45, 2.75) is 39.7 Å². The van der Waals surface area contributed by atoms with Crippen molar-refractivity contribution >= 4 is 23.3 Å². The Morgan fingerprint density at radius 2 is 1.91 bits per heavy atom. The number of nitrogen functional groups attached to an aromatic ring is 1. The van der Waals surface area contributed by atoms with Crippen molar-refractivity contribution in [3.05, 3.63) is 65.2 Å². The first kappa shape index (κ1) is 21.1. The molecule has 0 radical (unpaired) electrons. The topological polar surface area (TPSA) is 72.9 Å². The van der Waals surface area contributed by atoms with Crippen LogP contribution in [0.4, 0.5) is 5.82 Å². The van der Waals surface area contributed by atoms with Gasteiger partial charge in [0, 0.05) is 28.3 Å². The molecule has 6 heteroatoms. The van der Waals surface area contributed by atoms with E-state index in [1.807, 2.05) is 54.6 Å². The first-order valence-corrected chi connectivity index (χ1v) is 11.6. The average molecular weight is 449 g/mol. The molecule has 0 aliphatic heterocycles. The highest BCUT2D eigenvalue weighted by Crippen LogP contribution is 2.61. The zero-order chi connectivity index (χ0) is 22.6. The summed E-state index contributed by atoms with van der Waals surface area (Å²) in [6.07, 6.45) is 2.38. The molecule has 3 N–H and O–H groups in total. The SMILES string of the molecule is C[C@@H]1[C@H]2C[C@@H](C[C@H]1NC(=O)c1ccc(-n3nc(-c4cccc(Cl)c4)cc3N)cc1)C2(C)C. The van der Waals surface area contributed by atoms with Crippen LogP contribution in [0.15, 0.2) is 54.6 Å². The Morgan fingerprint density at radius 1 is 1.16 bits per heavy atom. The lowest BCUT2D eigenvalue weighted by Gasteiger charge is -2.62. The molecule has 0 saturated heterocycles. The van der Waals surface area contributed by atoms with Gasteiger partial charge in [0.05, 0.1) is 11.4 Å². The molecule has 3 aromatic rings. The fourth-order valence-electron chi connectivity index (χ4n) is 5.74. The lowest BCUT2D eigenvalue weighted by molar-refractivity contribution is -0.113. The Kier molecular flexibility index (Phi) is 5.05. The molecule has 0 spiro atoms. The average Bonchev–Trinajstić information content (AvgIpc) is 3.16. The van der Waals surface area contributed by atoms with Crippen LogP contribution in [-0.4, -0.2) is 21.7 Å². The van der Waals surface area contributed by atoms with Crippen LogP contribution < -0.4 is 11.1 Å². The van der Waals surface area contributed by atoms with Gasteiger partial charge in [-0.25, -0.2) is 4.68 Å². The Balaban J connectivity index is 1.30. The van der Waals surface area contributed by atoms with Crippen molar-refractivity contribution in [3.8, 4) is 16.9 Å². The van der Waals surface area contributed by atoms with Crippen molar-refractivity contribution in [1.29, 1.82) is 0 Å². The predicted molar refractivity (Wildman–Crippen MR) is 129 cm³/mol. The maximum absolute atomic E-state index is 12.9. The number of hydrogen-bond acceptors (Lipinski definition) is 3. The molecular formula is C26H29ClN4O. The van der Waals surface area contributed by atoms with Crippen molar-refractivity contribution in [2.75, 3.05) is 5.73 Å². The van der Waals surface area contributed by atoms with Crippen LogP contribution in [0, 0.1) is 23.2 Å². The minimum atomic E-state index is -0.0134. The number of nitrogens with two attached hydrogens (primary N) is 1. The summed E-state index contributed by atoms with van der Waals surface area (Å²) >= 11 is 6.10. The van der Waals surface area contributed by atoms with E-state index in [0.29, 0.717) is 39.6 Å². The number of nitrogens with one attached hydrogen (secondary N) is 1. The van der Waals surface area contributed by atoms with E-state index in [4.69, 9.17) is 17.3 Å². The molecule has 1 aromatic heterocycles. The van der Waals surface area contributed by atoms with Crippen LogP contribution in [0.3, 0.4) is 0 Å². The highest BCUT2D eigenvalue weighted by Gasteiger charge is 2.56. The van der Waals surface area contributed by atoms with Gasteiger partial charge in [0.25, 0.3) is 5.91 Å². The highest BCUT2D eigenvalue weighted by molar-refractivity contribution is 6.30. The third kappa shape index (κ3) is 3.49. The molecule has 166 valence electrons. The summed E-state index contributed by atoms with van der Waals surface area (Å²) in [5.74, 6) is 2.43. The second kappa shape index (κ2) is 7.66. The number of carbonyl (C=O) groups is 1. The van der Waals surface area contributed by atoms with E-state index in [2.05, 4.69) is 31.2 Å². The van der Waals surface area contributed by atoms with Crippen molar-refractivity contribution in [1.82, 2.24) is 15.1 Å². The molecule has 2 bridgehead atoms. The number of halogens is 1. The van der Waals surface area contributed by atoms with Crippen LogP contribution in [0.2, 0.25) is 5.02 Å². The van der Waals surface area contributed by atoms with Crippen LogP contribution >= 0.6 is 11.6 Å². The molecule has 1 heterocycles.